The summed E-state index contributed by atoms with van der Waals surface area (Å²) >= 11 is 1.43. The van der Waals surface area contributed by atoms with Gasteiger partial charge in [-0.15, -0.1) is 11.8 Å². The van der Waals surface area contributed by atoms with Crippen molar-refractivity contribution >= 4 is 55.6 Å². The SMILES string of the molecule is CCC1Sc2ccc(S(=O)(=O)CCC(=O)Nc3cccc4ccccc34)cc2NC1=O. The molecule has 6 nitrogen and oxygen atoms in total. The van der Waals surface area contributed by atoms with E-state index in [0.29, 0.717) is 17.8 Å². The Morgan fingerprint density at radius 2 is 1.87 bits per heavy atom. The molecule has 0 radical (unpaired) electrons. The van der Waals surface area contributed by atoms with Crippen LogP contribution in [0.4, 0.5) is 11.4 Å². The van der Waals surface area contributed by atoms with Crippen molar-refractivity contribution in [3.8, 4) is 0 Å². The number of rotatable bonds is 6. The minimum absolute atomic E-state index is 0.0973. The number of amides is 2. The maximum absolute atomic E-state index is 12.8. The zero-order valence-electron chi connectivity index (χ0n) is 16.9. The van der Waals surface area contributed by atoms with Crippen LogP contribution in [-0.4, -0.2) is 31.2 Å². The molecule has 1 atom stereocenters. The molecule has 0 saturated heterocycles. The molecule has 3 aromatic rings. The fraction of sp³-hybridized carbons (Fsp3) is 0.217. The lowest BCUT2D eigenvalue weighted by Gasteiger charge is -2.23. The molecule has 0 bridgehead atoms. The van der Waals surface area contributed by atoms with Crippen molar-refractivity contribution in [3.05, 3.63) is 60.7 Å². The molecule has 160 valence electrons. The Bertz CT molecular complexity index is 1270. The van der Waals surface area contributed by atoms with Gasteiger partial charge in [0.2, 0.25) is 11.8 Å². The highest BCUT2D eigenvalue weighted by atomic mass is 32.2. The van der Waals surface area contributed by atoms with Crippen LogP contribution in [0.5, 0.6) is 0 Å². The van der Waals surface area contributed by atoms with Crippen LogP contribution in [0.3, 0.4) is 0 Å². The minimum atomic E-state index is -3.68. The molecule has 0 aromatic heterocycles. The van der Waals surface area contributed by atoms with Crippen LogP contribution >= 0.6 is 11.8 Å². The molecular formula is C23H22N2O4S2. The Labute approximate surface area is 185 Å². The quantitative estimate of drug-likeness (QED) is 0.574. The Balaban J connectivity index is 1.45. The summed E-state index contributed by atoms with van der Waals surface area (Å²) in [6.07, 6.45) is 0.531. The first-order valence-electron chi connectivity index (χ1n) is 9.99. The molecule has 3 aromatic carbocycles. The molecule has 4 rings (SSSR count). The van der Waals surface area contributed by atoms with E-state index in [1.165, 1.54) is 23.9 Å². The Morgan fingerprint density at radius 1 is 1.10 bits per heavy atom. The Morgan fingerprint density at radius 3 is 2.68 bits per heavy atom. The van der Waals surface area contributed by atoms with Gasteiger partial charge in [0, 0.05) is 22.4 Å². The van der Waals surface area contributed by atoms with Crippen molar-refractivity contribution < 1.29 is 18.0 Å². The van der Waals surface area contributed by atoms with E-state index in [1.807, 2.05) is 43.3 Å². The van der Waals surface area contributed by atoms with E-state index in [1.54, 1.807) is 12.1 Å². The molecule has 1 heterocycles. The number of anilines is 2. The molecule has 0 saturated carbocycles. The summed E-state index contributed by atoms with van der Waals surface area (Å²) in [5.74, 6) is -0.808. The van der Waals surface area contributed by atoms with Crippen LogP contribution in [-0.2, 0) is 19.4 Å². The van der Waals surface area contributed by atoms with E-state index in [0.717, 1.165) is 15.7 Å². The summed E-state index contributed by atoms with van der Waals surface area (Å²) in [6.45, 7) is 1.93. The molecule has 0 aliphatic carbocycles. The van der Waals surface area contributed by atoms with Gasteiger partial charge >= 0.3 is 0 Å². The number of sulfone groups is 1. The summed E-state index contributed by atoms with van der Waals surface area (Å²) in [4.78, 5) is 25.5. The number of hydrogen-bond donors (Lipinski definition) is 2. The fourth-order valence-corrected chi connectivity index (χ4v) is 5.77. The zero-order valence-corrected chi connectivity index (χ0v) is 18.6. The van der Waals surface area contributed by atoms with Gasteiger partial charge in [0.1, 0.15) is 0 Å². The maximum Gasteiger partial charge on any atom is 0.237 e. The van der Waals surface area contributed by atoms with Crippen LogP contribution in [0, 0.1) is 0 Å². The van der Waals surface area contributed by atoms with Gasteiger partial charge in [0.05, 0.1) is 21.6 Å². The Hall–Kier alpha value is -2.84. The second-order valence-electron chi connectivity index (χ2n) is 7.31. The lowest BCUT2D eigenvalue weighted by Crippen LogP contribution is -2.28. The predicted octanol–water partition coefficient (Wildman–Crippen LogP) is 4.47. The van der Waals surface area contributed by atoms with Crippen LogP contribution in [0.2, 0.25) is 0 Å². The average Bonchev–Trinajstić information content (AvgIpc) is 2.77. The zero-order chi connectivity index (χ0) is 22.0. The highest BCUT2D eigenvalue weighted by Gasteiger charge is 2.27. The second kappa shape index (κ2) is 8.72. The number of hydrogen-bond acceptors (Lipinski definition) is 5. The standard InChI is InChI=1S/C23H22N2O4S2/c1-2-20-23(27)25-19-14-16(10-11-21(19)30-20)31(28,29)13-12-22(26)24-18-9-5-7-15-6-3-4-8-17(15)18/h3-11,14,20H,2,12-13H2,1H3,(H,24,26)(H,25,27). The number of thioether (sulfide) groups is 1. The van der Waals surface area contributed by atoms with E-state index in [4.69, 9.17) is 0 Å². The number of carbonyl (C=O) groups is 2. The molecule has 1 aliphatic heterocycles. The lowest BCUT2D eigenvalue weighted by molar-refractivity contribution is -0.116. The maximum atomic E-state index is 12.8. The van der Waals surface area contributed by atoms with Crippen molar-refractivity contribution in [2.24, 2.45) is 0 Å². The van der Waals surface area contributed by atoms with E-state index in [2.05, 4.69) is 10.6 Å². The third-order valence-corrected chi connectivity index (χ3v) is 8.32. The molecule has 0 spiro atoms. The van der Waals surface area contributed by atoms with Crippen LogP contribution < -0.4 is 10.6 Å². The molecule has 2 amide bonds. The molecule has 8 heteroatoms. The van der Waals surface area contributed by atoms with Gasteiger partial charge in [-0.1, -0.05) is 43.3 Å². The normalized spacial score (nSPS) is 15.9. The largest absolute Gasteiger partial charge is 0.325 e. The van der Waals surface area contributed by atoms with Gasteiger partial charge in [-0.25, -0.2) is 8.42 Å². The first-order chi connectivity index (χ1) is 14.9. The highest BCUT2D eigenvalue weighted by molar-refractivity contribution is 8.01. The summed E-state index contributed by atoms with van der Waals surface area (Å²) in [6, 6.07) is 18.0. The molecule has 1 aliphatic rings. The molecule has 1 unspecified atom stereocenters. The van der Waals surface area contributed by atoms with Crippen LogP contribution in [0.1, 0.15) is 19.8 Å². The van der Waals surface area contributed by atoms with Crippen molar-refractivity contribution in [1.29, 1.82) is 0 Å². The second-order valence-corrected chi connectivity index (χ2v) is 10.7. The number of benzene rings is 3. The van der Waals surface area contributed by atoms with Crippen molar-refractivity contribution in [3.63, 3.8) is 0 Å². The van der Waals surface area contributed by atoms with Gasteiger partial charge in [0.25, 0.3) is 0 Å². The van der Waals surface area contributed by atoms with Crippen LogP contribution in [0.15, 0.2) is 70.5 Å². The van der Waals surface area contributed by atoms with Gasteiger partial charge in [-0.2, -0.15) is 0 Å². The van der Waals surface area contributed by atoms with E-state index in [-0.39, 0.29) is 34.1 Å². The summed E-state index contributed by atoms with van der Waals surface area (Å²) in [7, 11) is -3.68. The summed E-state index contributed by atoms with van der Waals surface area (Å²) in [5, 5.41) is 7.31. The highest BCUT2D eigenvalue weighted by Crippen LogP contribution is 2.38. The first-order valence-corrected chi connectivity index (χ1v) is 12.5. The monoisotopic (exact) mass is 454 g/mol. The van der Waals surface area contributed by atoms with Crippen molar-refractivity contribution in [2.45, 2.75) is 34.8 Å². The fourth-order valence-electron chi connectivity index (χ4n) is 3.48. The number of carbonyl (C=O) groups excluding carboxylic acids is 2. The molecule has 0 fully saturated rings. The van der Waals surface area contributed by atoms with Crippen LogP contribution in [0.25, 0.3) is 10.8 Å². The van der Waals surface area contributed by atoms with Gasteiger partial charge in [-0.05, 0) is 36.1 Å². The van der Waals surface area contributed by atoms with Crippen molar-refractivity contribution in [2.75, 3.05) is 16.4 Å². The van der Waals surface area contributed by atoms with E-state index in [9.17, 15) is 18.0 Å². The third kappa shape index (κ3) is 4.60. The molecule has 2 N–H and O–H groups in total. The molecular weight excluding hydrogens is 432 g/mol. The van der Waals surface area contributed by atoms with Gasteiger partial charge < -0.3 is 10.6 Å². The summed E-state index contributed by atoms with van der Waals surface area (Å²) < 4.78 is 25.6. The van der Waals surface area contributed by atoms with Gasteiger partial charge in [-0.3, -0.25) is 9.59 Å². The first kappa shape index (κ1) is 21.4. The number of nitrogens with one attached hydrogen (secondary N) is 2. The Kier molecular flexibility index (Phi) is 6.02. The minimum Gasteiger partial charge on any atom is -0.325 e. The predicted molar refractivity (Wildman–Crippen MR) is 124 cm³/mol. The average molecular weight is 455 g/mol. The summed E-state index contributed by atoms with van der Waals surface area (Å²) in [5.41, 5.74) is 1.15. The number of fused-ring (bicyclic) bond motifs is 2. The van der Waals surface area contributed by atoms with Crippen molar-refractivity contribution in [1.82, 2.24) is 0 Å². The molecule has 31 heavy (non-hydrogen) atoms. The topological polar surface area (TPSA) is 92.3 Å². The smallest absolute Gasteiger partial charge is 0.237 e. The lowest BCUT2D eigenvalue weighted by atomic mass is 10.1. The van der Waals surface area contributed by atoms with E-state index >= 15 is 0 Å². The van der Waals surface area contributed by atoms with E-state index < -0.39 is 9.84 Å². The van der Waals surface area contributed by atoms with Gasteiger partial charge in [0.15, 0.2) is 9.84 Å². The third-order valence-electron chi connectivity index (χ3n) is 5.16.